The van der Waals surface area contributed by atoms with E-state index in [1.165, 1.54) is 82.4 Å². The molecule has 194 valence electrons. The lowest BCUT2D eigenvalue weighted by atomic mass is 9.92. The van der Waals surface area contributed by atoms with Crippen LogP contribution in [0.25, 0.3) is 71.3 Å². The Balaban J connectivity index is 1.29. The molecule has 8 rings (SSSR count). The second-order valence-corrected chi connectivity index (χ2v) is 11.1. The van der Waals surface area contributed by atoms with Crippen molar-refractivity contribution in [3.63, 3.8) is 0 Å². The molecule has 0 aliphatic heterocycles. The zero-order valence-corrected chi connectivity index (χ0v) is 23.2. The van der Waals surface area contributed by atoms with Crippen LogP contribution in [-0.4, -0.2) is 4.57 Å². The third-order valence-electron chi connectivity index (χ3n) is 8.64. The molecule has 7 aromatic carbocycles. The fourth-order valence-corrected chi connectivity index (χ4v) is 6.59. The number of rotatable bonds is 3. The molecule has 8 aromatic rings. The second kappa shape index (κ2) is 9.21. The van der Waals surface area contributed by atoms with E-state index < -0.39 is 0 Å². The van der Waals surface area contributed by atoms with Crippen molar-refractivity contribution >= 4 is 43.4 Å². The summed E-state index contributed by atoms with van der Waals surface area (Å²) in [5.41, 5.74) is 11.4. The molecule has 1 nitrogen and oxygen atoms in total. The minimum Gasteiger partial charge on any atom is -0.309 e. The Bertz CT molecular complexity index is 2280. The first-order valence-electron chi connectivity index (χ1n) is 14.3. The number of benzene rings is 7. The first-order valence-corrected chi connectivity index (χ1v) is 14.3. The maximum absolute atomic E-state index is 2.41. The molecule has 0 N–H and O–H groups in total. The van der Waals surface area contributed by atoms with E-state index in [0.29, 0.717) is 0 Å². The van der Waals surface area contributed by atoms with E-state index >= 15 is 0 Å². The monoisotopic (exact) mass is 523 g/mol. The Hall–Kier alpha value is -5.14. The van der Waals surface area contributed by atoms with Gasteiger partial charge in [-0.15, -0.1) is 0 Å². The van der Waals surface area contributed by atoms with Crippen molar-refractivity contribution in [3.05, 3.63) is 151 Å². The van der Waals surface area contributed by atoms with Gasteiger partial charge in [0.1, 0.15) is 0 Å². The summed E-state index contributed by atoms with van der Waals surface area (Å²) in [6, 6.07) is 51.2. The molecule has 0 fully saturated rings. The van der Waals surface area contributed by atoms with Crippen molar-refractivity contribution < 1.29 is 0 Å². The van der Waals surface area contributed by atoms with Gasteiger partial charge in [0.25, 0.3) is 0 Å². The van der Waals surface area contributed by atoms with Crippen molar-refractivity contribution in [2.24, 2.45) is 0 Å². The van der Waals surface area contributed by atoms with Crippen molar-refractivity contribution in [2.45, 2.75) is 13.8 Å². The second-order valence-electron chi connectivity index (χ2n) is 11.1. The van der Waals surface area contributed by atoms with E-state index in [0.717, 1.165) is 0 Å². The van der Waals surface area contributed by atoms with Gasteiger partial charge in [0.15, 0.2) is 0 Å². The van der Waals surface area contributed by atoms with Crippen LogP contribution in [0.1, 0.15) is 11.1 Å². The van der Waals surface area contributed by atoms with Gasteiger partial charge in [-0.05, 0) is 99.1 Å². The first-order chi connectivity index (χ1) is 20.2. The van der Waals surface area contributed by atoms with E-state index in [4.69, 9.17) is 0 Å². The molecule has 0 saturated carbocycles. The fraction of sp³-hybridized carbons (Fsp3) is 0.0500. The summed E-state index contributed by atoms with van der Waals surface area (Å²) in [7, 11) is 0. The quantitative estimate of drug-likeness (QED) is 0.217. The highest BCUT2D eigenvalue weighted by atomic mass is 15.0. The van der Waals surface area contributed by atoms with Crippen LogP contribution in [0.2, 0.25) is 0 Å². The Kier molecular flexibility index (Phi) is 5.33. The lowest BCUT2D eigenvalue weighted by Gasteiger charge is -2.12. The predicted molar refractivity (Wildman–Crippen MR) is 176 cm³/mol. The smallest absolute Gasteiger partial charge is 0.0547 e. The summed E-state index contributed by atoms with van der Waals surface area (Å²) >= 11 is 0. The van der Waals surface area contributed by atoms with Crippen LogP contribution in [0.3, 0.4) is 0 Å². The van der Waals surface area contributed by atoms with Gasteiger partial charge >= 0.3 is 0 Å². The number of fused-ring (bicyclic) bond motifs is 6. The van der Waals surface area contributed by atoms with E-state index in [-0.39, 0.29) is 0 Å². The van der Waals surface area contributed by atoms with Gasteiger partial charge in [-0.25, -0.2) is 0 Å². The van der Waals surface area contributed by atoms with E-state index in [1.54, 1.807) is 0 Å². The zero-order chi connectivity index (χ0) is 27.5. The normalized spacial score (nSPS) is 11.7. The van der Waals surface area contributed by atoms with Gasteiger partial charge in [0, 0.05) is 16.5 Å². The molecule has 0 amide bonds. The lowest BCUT2D eigenvalue weighted by Crippen LogP contribution is -1.93. The summed E-state index contributed by atoms with van der Waals surface area (Å²) in [5.74, 6) is 0. The molecule has 0 aliphatic rings. The highest BCUT2D eigenvalue weighted by Gasteiger charge is 2.15. The standard InChI is InChI=1S/C40H29N/c1-26-9-3-6-12-34(26)35-20-16-30(23-27(35)2)31-17-21-36-32(24-31)18-22-39-40(36)37-13-7-8-14-38(37)41(39)33-19-15-28-10-4-5-11-29(28)25-33/h3-25H,1-2H3. The minimum absolute atomic E-state index is 1.19. The van der Waals surface area contributed by atoms with E-state index in [1.807, 2.05) is 0 Å². The molecular formula is C40H29N. The topological polar surface area (TPSA) is 4.93 Å². The minimum atomic E-state index is 1.19. The van der Waals surface area contributed by atoms with Crippen molar-refractivity contribution in [1.82, 2.24) is 4.57 Å². The van der Waals surface area contributed by atoms with Crippen LogP contribution >= 0.6 is 0 Å². The Morgan fingerprint density at radius 3 is 2.00 bits per heavy atom. The summed E-state index contributed by atoms with van der Waals surface area (Å²) in [6.07, 6.45) is 0. The summed E-state index contributed by atoms with van der Waals surface area (Å²) in [6.45, 7) is 4.40. The average molecular weight is 524 g/mol. The average Bonchev–Trinajstić information content (AvgIpc) is 3.36. The number of hydrogen-bond donors (Lipinski definition) is 0. The Morgan fingerprint density at radius 1 is 0.415 bits per heavy atom. The maximum atomic E-state index is 2.41. The molecule has 1 heteroatoms. The Morgan fingerprint density at radius 2 is 1.12 bits per heavy atom. The molecule has 0 spiro atoms. The van der Waals surface area contributed by atoms with Crippen LogP contribution < -0.4 is 0 Å². The van der Waals surface area contributed by atoms with E-state index in [9.17, 15) is 0 Å². The molecule has 0 radical (unpaired) electrons. The third kappa shape index (κ3) is 3.77. The molecule has 0 saturated heterocycles. The number of para-hydroxylation sites is 1. The zero-order valence-electron chi connectivity index (χ0n) is 23.2. The van der Waals surface area contributed by atoms with Gasteiger partial charge in [-0.3, -0.25) is 0 Å². The molecule has 41 heavy (non-hydrogen) atoms. The third-order valence-corrected chi connectivity index (χ3v) is 8.64. The van der Waals surface area contributed by atoms with Crippen LogP contribution in [0, 0.1) is 13.8 Å². The molecule has 1 aromatic heterocycles. The number of nitrogens with zero attached hydrogens (tertiary/aromatic N) is 1. The number of aryl methyl sites for hydroxylation is 2. The summed E-state index contributed by atoms with van der Waals surface area (Å²) < 4.78 is 2.41. The Labute approximate surface area is 239 Å². The van der Waals surface area contributed by atoms with Gasteiger partial charge in [-0.2, -0.15) is 0 Å². The largest absolute Gasteiger partial charge is 0.309 e. The predicted octanol–water partition coefficient (Wildman–Crippen LogP) is 11.0. The van der Waals surface area contributed by atoms with Gasteiger partial charge in [0.05, 0.1) is 11.0 Å². The van der Waals surface area contributed by atoms with Gasteiger partial charge in [-0.1, -0.05) is 109 Å². The first kappa shape index (κ1) is 23.7. The highest BCUT2D eigenvalue weighted by molar-refractivity contribution is 6.21. The van der Waals surface area contributed by atoms with Crippen LogP contribution in [0.4, 0.5) is 0 Å². The summed E-state index contributed by atoms with van der Waals surface area (Å²) in [5, 5.41) is 7.66. The maximum Gasteiger partial charge on any atom is 0.0547 e. The number of aromatic nitrogens is 1. The molecule has 0 aliphatic carbocycles. The number of hydrogen-bond acceptors (Lipinski definition) is 0. The highest BCUT2D eigenvalue weighted by Crippen LogP contribution is 2.39. The fourth-order valence-electron chi connectivity index (χ4n) is 6.59. The molecule has 1 heterocycles. The van der Waals surface area contributed by atoms with E-state index in [2.05, 4.69) is 158 Å². The van der Waals surface area contributed by atoms with Gasteiger partial charge in [0.2, 0.25) is 0 Å². The van der Waals surface area contributed by atoms with Crippen LogP contribution in [0.15, 0.2) is 140 Å². The summed E-state index contributed by atoms with van der Waals surface area (Å²) in [4.78, 5) is 0. The molecule has 0 atom stereocenters. The SMILES string of the molecule is Cc1ccccc1-c1ccc(-c2ccc3c(ccc4c3c3ccccc3n4-c3ccc4ccccc4c3)c2)cc1C. The lowest BCUT2D eigenvalue weighted by molar-refractivity contribution is 1.19. The van der Waals surface area contributed by atoms with Crippen LogP contribution in [-0.2, 0) is 0 Å². The van der Waals surface area contributed by atoms with Crippen molar-refractivity contribution in [3.8, 4) is 27.9 Å². The molecule has 0 bridgehead atoms. The molecule has 0 unspecified atom stereocenters. The molecular weight excluding hydrogens is 494 g/mol. The van der Waals surface area contributed by atoms with Crippen molar-refractivity contribution in [2.75, 3.05) is 0 Å². The van der Waals surface area contributed by atoms with Crippen LogP contribution in [0.5, 0.6) is 0 Å². The van der Waals surface area contributed by atoms with Crippen molar-refractivity contribution in [1.29, 1.82) is 0 Å². The van der Waals surface area contributed by atoms with Gasteiger partial charge < -0.3 is 4.57 Å².